The summed E-state index contributed by atoms with van der Waals surface area (Å²) in [4.78, 5) is 19.5. The van der Waals surface area contributed by atoms with Crippen LogP contribution in [0.2, 0.25) is 0 Å². The smallest absolute Gasteiger partial charge is 0.229 e. The van der Waals surface area contributed by atoms with Gasteiger partial charge in [-0.25, -0.2) is 0 Å². The van der Waals surface area contributed by atoms with Crippen LogP contribution in [0, 0.1) is 0 Å². The van der Waals surface area contributed by atoms with Crippen molar-refractivity contribution in [2.24, 2.45) is 0 Å². The van der Waals surface area contributed by atoms with E-state index < -0.39 is 0 Å². The van der Waals surface area contributed by atoms with Crippen molar-refractivity contribution in [2.45, 2.75) is 19.5 Å². The number of aromatic nitrogens is 3. The molecule has 0 spiro atoms. The minimum absolute atomic E-state index is 0.00625. The van der Waals surface area contributed by atoms with Gasteiger partial charge in [0.1, 0.15) is 0 Å². The molecule has 8 heteroatoms. The predicted molar refractivity (Wildman–Crippen MR) is 108 cm³/mol. The molecule has 27 heavy (non-hydrogen) atoms. The standard InChI is InChI=1S/C19H29N7O/c1-14(17-21-18(20)23-19(22-17)24(2)3)25(4)13-15-7-5-6-8-16(15)26-9-11-27-12-10-26/h5-8,14H,9-13H2,1-4H3,(H2,20,21,22,23)/t14-/m0/s1. The molecule has 1 aromatic carbocycles. The second-order valence-corrected chi connectivity index (χ2v) is 7.07. The Hall–Kier alpha value is -2.45. The molecule has 1 aliphatic heterocycles. The van der Waals surface area contributed by atoms with E-state index in [1.54, 1.807) is 0 Å². The molecule has 0 bridgehead atoms. The predicted octanol–water partition coefficient (Wildman–Crippen LogP) is 1.55. The van der Waals surface area contributed by atoms with Crippen molar-refractivity contribution in [2.75, 3.05) is 63.0 Å². The van der Waals surface area contributed by atoms with Gasteiger partial charge in [0.05, 0.1) is 19.3 Å². The third kappa shape index (κ3) is 4.64. The number of para-hydroxylation sites is 1. The molecule has 3 rings (SSSR count). The lowest BCUT2D eigenvalue weighted by molar-refractivity contribution is 0.122. The summed E-state index contributed by atoms with van der Waals surface area (Å²) in [7, 11) is 5.87. The molecule has 1 saturated heterocycles. The maximum atomic E-state index is 5.88. The van der Waals surface area contributed by atoms with Gasteiger partial charge in [-0.2, -0.15) is 15.0 Å². The first kappa shape index (κ1) is 19.3. The van der Waals surface area contributed by atoms with Crippen LogP contribution < -0.4 is 15.5 Å². The zero-order valence-electron chi connectivity index (χ0n) is 16.6. The summed E-state index contributed by atoms with van der Waals surface area (Å²) < 4.78 is 5.49. The Morgan fingerprint density at radius 1 is 1.11 bits per heavy atom. The highest BCUT2D eigenvalue weighted by atomic mass is 16.5. The number of anilines is 3. The molecule has 0 saturated carbocycles. The summed E-state index contributed by atoms with van der Waals surface area (Å²) in [5, 5.41) is 0. The molecule has 2 aromatic rings. The van der Waals surface area contributed by atoms with Crippen molar-refractivity contribution in [1.82, 2.24) is 19.9 Å². The van der Waals surface area contributed by atoms with E-state index in [1.165, 1.54) is 11.3 Å². The molecule has 1 aliphatic rings. The number of nitrogen functional groups attached to an aromatic ring is 1. The number of benzene rings is 1. The molecule has 0 radical (unpaired) electrons. The van der Waals surface area contributed by atoms with Gasteiger partial charge in [0.15, 0.2) is 5.82 Å². The van der Waals surface area contributed by atoms with Gasteiger partial charge >= 0.3 is 0 Å². The maximum absolute atomic E-state index is 5.88. The monoisotopic (exact) mass is 371 g/mol. The number of ether oxygens (including phenoxy) is 1. The number of nitrogens with zero attached hydrogens (tertiary/aromatic N) is 6. The minimum atomic E-state index is 0.00625. The van der Waals surface area contributed by atoms with Gasteiger partial charge in [0.25, 0.3) is 0 Å². The number of morpholine rings is 1. The lowest BCUT2D eigenvalue weighted by Gasteiger charge is -2.32. The Kier molecular flexibility index (Phi) is 6.08. The zero-order chi connectivity index (χ0) is 19.4. The fourth-order valence-corrected chi connectivity index (χ4v) is 3.14. The van der Waals surface area contributed by atoms with Crippen LogP contribution in [0.15, 0.2) is 24.3 Å². The highest BCUT2D eigenvalue weighted by Crippen LogP contribution is 2.26. The van der Waals surface area contributed by atoms with Crippen LogP contribution in [-0.2, 0) is 11.3 Å². The molecule has 0 amide bonds. The van der Waals surface area contributed by atoms with E-state index >= 15 is 0 Å². The summed E-state index contributed by atoms with van der Waals surface area (Å²) in [5.41, 5.74) is 8.43. The zero-order valence-corrected chi connectivity index (χ0v) is 16.6. The molecule has 1 fully saturated rings. The van der Waals surface area contributed by atoms with Gasteiger partial charge in [0, 0.05) is 39.4 Å². The summed E-state index contributed by atoms with van der Waals surface area (Å²) in [6, 6.07) is 8.55. The van der Waals surface area contributed by atoms with E-state index in [4.69, 9.17) is 10.5 Å². The first-order valence-corrected chi connectivity index (χ1v) is 9.25. The van der Waals surface area contributed by atoms with Crippen molar-refractivity contribution >= 4 is 17.6 Å². The summed E-state index contributed by atoms with van der Waals surface area (Å²) in [6.45, 7) is 6.28. The van der Waals surface area contributed by atoms with E-state index in [1.807, 2.05) is 19.0 Å². The van der Waals surface area contributed by atoms with Gasteiger partial charge in [-0.15, -0.1) is 0 Å². The van der Waals surface area contributed by atoms with Crippen LogP contribution in [0.5, 0.6) is 0 Å². The van der Waals surface area contributed by atoms with E-state index in [-0.39, 0.29) is 12.0 Å². The average molecular weight is 371 g/mol. The third-order valence-electron chi connectivity index (χ3n) is 4.86. The fourth-order valence-electron chi connectivity index (χ4n) is 3.14. The number of hydrogen-bond acceptors (Lipinski definition) is 8. The molecule has 8 nitrogen and oxygen atoms in total. The lowest BCUT2D eigenvalue weighted by atomic mass is 10.1. The second kappa shape index (κ2) is 8.49. The molecule has 146 valence electrons. The Bertz CT molecular complexity index is 761. The maximum Gasteiger partial charge on any atom is 0.229 e. The molecular formula is C19H29N7O. The Balaban J connectivity index is 1.78. The largest absolute Gasteiger partial charge is 0.378 e. The molecule has 0 aliphatic carbocycles. The molecule has 1 aromatic heterocycles. The number of hydrogen-bond donors (Lipinski definition) is 1. The molecule has 2 N–H and O–H groups in total. The minimum Gasteiger partial charge on any atom is -0.378 e. The van der Waals surface area contributed by atoms with Crippen molar-refractivity contribution in [3.8, 4) is 0 Å². The molecule has 0 unspecified atom stereocenters. The molecular weight excluding hydrogens is 342 g/mol. The van der Waals surface area contributed by atoms with Crippen LogP contribution >= 0.6 is 0 Å². The van der Waals surface area contributed by atoms with Gasteiger partial charge in [-0.05, 0) is 25.6 Å². The van der Waals surface area contributed by atoms with E-state index in [0.29, 0.717) is 11.8 Å². The Morgan fingerprint density at radius 2 is 1.81 bits per heavy atom. The van der Waals surface area contributed by atoms with Gasteiger partial charge < -0.3 is 20.3 Å². The normalized spacial score (nSPS) is 15.8. The van der Waals surface area contributed by atoms with E-state index in [9.17, 15) is 0 Å². The number of rotatable bonds is 6. The molecule has 1 atom stereocenters. The van der Waals surface area contributed by atoms with Gasteiger partial charge in [0.2, 0.25) is 11.9 Å². The van der Waals surface area contributed by atoms with E-state index in [2.05, 4.69) is 63.0 Å². The first-order valence-electron chi connectivity index (χ1n) is 9.25. The highest BCUT2D eigenvalue weighted by Gasteiger charge is 2.20. The van der Waals surface area contributed by atoms with Crippen LogP contribution in [0.25, 0.3) is 0 Å². The quantitative estimate of drug-likeness (QED) is 0.819. The lowest BCUT2D eigenvalue weighted by Crippen LogP contribution is -2.37. The van der Waals surface area contributed by atoms with Crippen LogP contribution in [0.3, 0.4) is 0 Å². The van der Waals surface area contributed by atoms with Crippen molar-refractivity contribution in [3.63, 3.8) is 0 Å². The van der Waals surface area contributed by atoms with Crippen LogP contribution in [0.1, 0.15) is 24.4 Å². The topological polar surface area (TPSA) is 83.6 Å². The van der Waals surface area contributed by atoms with Gasteiger partial charge in [-0.1, -0.05) is 18.2 Å². The van der Waals surface area contributed by atoms with Crippen molar-refractivity contribution in [1.29, 1.82) is 0 Å². The second-order valence-electron chi connectivity index (χ2n) is 7.07. The molecule has 2 heterocycles. The van der Waals surface area contributed by atoms with Crippen molar-refractivity contribution < 1.29 is 4.74 Å². The first-order chi connectivity index (χ1) is 13.0. The van der Waals surface area contributed by atoms with Crippen molar-refractivity contribution in [3.05, 3.63) is 35.7 Å². The third-order valence-corrected chi connectivity index (χ3v) is 4.86. The van der Waals surface area contributed by atoms with Gasteiger partial charge in [-0.3, -0.25) is 4.90 Å². The Morgan fingerprint density at radius 3 is 2.52 bits per heavy atom. The Labute approximate surface area is 161 Å². The fraction of sp³-hybridized carbons (Fsp3) is 0.526. The summed E-state index contributed by atoms with van der Waals surface area (Å²) >= 11 is 0. The van der Waals surface area contributed by atoms with Crippen LogP contribution in [-0.4, -0.2) is 67.3 Å². The number of nitrogens with two attached hydrogens (primary N) is 1. The highest BCUT2D eigenvalue weighted by molar-refractivity contribution is 5.54. The summed E-state index contributed by atoms with van der Waals surface area (Å²) in [6.07, 6.45) is 0. The SMILES string of the molecule is C[C@@H](c1nc(N)nc(N(C)C)n1)N(C)Cc1ccccc1N1CCOCC1. The summed E-state index contributed by atoms with van der Waals surface area (Å²) in [5.74, 6) is 1.50. The van der Waals surface area contributed by atoms with Crippen LogP contribution in [0.4, 0.5) is 17.6 Å². The average Bonchev–Trinajstić information content (AvgIpc) is 2.68. The van der Waals surface area contributed by atoms with E-state index in [0.717, 1.165) is 32.8 Å².